The van der Waals surface area contributed by atoms with Gasteiger partial charge in [0.05, 0.1) is 5.54 Å². The lowest BCUT2D eigenvalue weighted by atomic mass is 9.74. The molecule has 0 aliphatic heterocycles. The zero-order valence-electron chi connectivity index (χ0n) is 13.3. The minimum atomic E-state index is -0.787. The highest BCUT2D eigenvalue weighted by atomic mass is 16.1. The number of carbonyl (C=O) groups is 1. The van der Waals surface area contributed by atoms with E-state index in [2.05, 4.69) is 25.8 Å². The van der Waals surface area contributed by atoms with Crippen LogP contribution in [0.3, 0.4) is 0 Å². The lowest BCUT2D eigenvalue weighted by molar-refractivity contribution is -0.125. The van der Waals surface area contributed by atoms with Crippen LogP contribution in [-0.4, -0.2) is 35.5 Å². The van der Waals surface area contributed by atoms with E-state index < -0.39 is 5.54 Å². The first-order valence-corrected chi connectivity index (χ1v) is 8.04. The van der Waals surface area contributed by atoms with Crippen LogP contribution in [0.2, 0.25) is 0 Å². The van der Waals surface area contributed by atoms with Crippen LogP contribution in [0.15, 0.2) is 0 Å². The highest BCUT2D eigenvalue weighted by molar-refractivity contribution is 5.84. The first-order valence-electron chi connectivity index (χ1n) is 8.04. The molecule has 116 valence electrons. The van der Waals surface area contributed by atoms with Crippen LogP contribution in [-0.2, 0) is 4.79 Å². The smallest absolute Gasteiger partial charge is 0.237 e. The molecule has 0 aromatic carbocycles. The van der Waals surface area contributed by atoms with Gasteiger partial charge in [-0.05, 0) is 63.8 Å². The number of nitrogens with zero attached hydrogens (tertiary/aromatic N) is 1. The fourth-order valence-corrected chi connectivity index (χ4v) is 3.94. The monoisotopic (exact) mass is 281 g/mol. The number of amides is 1. The van der Waals surface area contributed by atoms with Crippen LogP contribution in [0.5, 0.6) is 0 Å². The van der Waals surface area contributed by atoms with Crippen molar-refractivity contribution in [2.24, 2.45) is 16.9 Å². The standard InChI is InChI=1S/C16H31N3O/c1-15(2)9-6-12(7-10-15)19(3)13-5-4-8-16(18,11-13)14(17)20/h12-13H,4-11,18H2,1-3H3,(H2,17,20). The first kappa shape index (κ1) is 15.8. The lowest BCUT2D eigenvalue weighted by Gasteiger charge is -2.45. The number of hydrogen-bond donors (Lipinski definition) is 2. The molecule has 2 atom stereocenters. The number of rotatable bonds is 3. The van der Waals surface area contributed by atoms with Crippen LogP contribution < -0.4 is 11.5 Å². The molecule has 4 heteroatoms. The number of hydrogen-bond acceptors (Lipinski definition) is 3. The van der Waals surface area contributed by atoms with Crippen LogP contribution >= 0.6 is 0 Å². The topological polar surface area (TPSA) is 72.3 Å². The molecule has 0 radical (unpaired) electrons. The van der Waals surface area contributed by atoms with Crippen molar-refractivity contribution in [3.05, 3.63) is 0 Å². The number of carbonyl (C=O) groups excluding carboxylic acids is 1. The molecular formula is C16H31N3O. The minimum Gasteiger partial charge on any atom is -0.368 e. The normalized spacial score (nSPS) is 35.1. The van der Waals surface area contributed by atoms with E-state index in [1.54, 1.807) is 0 Å². The van der Waals surface area contributed by atoms with Crippen LogP contribution in [0, 0.1) is 5.41 Å². The van der Waals surface area contributed by atoms with Crippen LogP contribution in [0.1, 0.15) is 65.2 Å². The third kappa shape index (κ3) is 3.34. The second kappa shape index (κ2) is 5.64. The summed E-state index contributed by atoms with van der Waals surface area (Å²) < 4.78 is 0. The molecule has 0 heterocycles. The first-order chi connectivity index (χ1) is 9.23. The molecular weight excluding hydrogens is 250 g/mol. The molecule has 20 heavy (non-hydrogen) atoms. The Hall–Kier alpha value is -0.610. The van der Waals surface area contributed by atoms with Gasteiger partial charge in [-0.3, -0.25) is 4.79 Å². The maximum absolute atomic E-state index is 11.6. The van der Waals surface area contributed by atoms with Gasteiger partial charge in [-0.25, -0.2) is 0 Å². The Morgan fingerprint density at radius 2 is 1.70 bits per heavy atom. The van der Waals surface area contributed by atoms with Crippen molar-refractivity contribution < 1.29 is 4.79 Å². The van der Waals surface area contributed by atoms with Crippen molar-refractivity contribution in [1.29, 1.82) is 0 Å². The molecule has 1 amide bonds. The van der Waals surface area contributed by atoms with Gasteiger partial charge in [-0.2, -0.15) is 0 Å². The van der Waals surface area contributed by atoms with E-state index in [1.165, 1.54) is 25.7 Å². The fourth-order valence-electron chi connectivity index (χ4n) is 3.94. The van der Waals surface area contributed by atoms with Crippen molar-refractivity contribution in [2.45, 2.75) is 82.8 Å². The SMILES string of the molecule is CN(C1CCC(C)(C)CC1)C1CCCC(N)(C(N)=O)C1. The molecule has 0 aromatic heterocycles. The van der Waals surface area contributed by atoms with Gasteiger partial charge >= 0.3 is 0 Å². The predicted octanol–water partition coefficient (Wildman–Crippen LogP) is 2.01. The van der Waals surface area contributed by atoms with Crippen molar-refractivity contribution >= 4 is 5.91 Å². The molecule has 2 rings (SSSR count). The van der Waals surface area contributed by atoms with E-state index in [4.69, 9.17) is 11.5 Å². The molecule has 2 fully saturated rings. The van der Waals surface area contributed by atoms with Gasteiger partial charge in [0.25, 0.3) is 0 Å². The maximum atomic E-state index is 11.6. The Kier molecular flexibility index (Phi) is 4.45. The summed E-state index contributed by atoms with van der Waals surface area (Å²) in [6.07, 6.45) is 8.71. The molecule has 4 nitrogen and oxygen atoms in total. The van der Waals surface area contributed by atoms with E-state index in [0.29, 0.717) is 17.5 Å². The largest absolute Gasteiger partial charge is 0.368 e. The zero-order chi connectivity index (χ0) is 15.0. The second-order valence-corrected chi connectivity index (χ2v) is 7.83. The summed E-state index contributed by atoms with van der Waals surface area (Å²) in [5.41, 5.74) is 11.4. The summed E-state index contributed by atoms with van der Waals surface area (Å²) in [5.74, 6) is -0.333. The molecule has 2 aliphatic rings. The summed E-state index contributed by atoms with van der Waals surface area (Å²) in [6, 6.07) is 1.05. The van der Waals surface area contributed by atoms with Gasteiger partial charge in [-0.15, -0.1) is 0 Å². The van der Waals surface area contributed by atoms with Crippen LogP contribution in [0.4, 0.5) is 0 Å². The van der Waals surface area contributed by atoms with E-state index in [-0.39, 0.29) is 5.91 Å². The number of nitrogens with two attached hydrogens (primary N) is 2. The highest BCUT2D eigenvalue weighted by Gasteiger charge is 2.41. The predicted molar refractivity (Wildman–Crippen MR) is 82.2 cm³/mol. The van der Waals surface area contributed by atoms with Gasteiger partial charge in [0.15, 0.2) is 0 Å². The van der Waals surface area contributed by atoms with Crippen molar-refractivity contribution in [3.8, 4) is 0 Å². The molecule has 0 spiro atoms. The lowest BCUT2D eigenvalue weighted by Crippen LogP contribution is -2.59. The zero-order valence-corrected chi connectivity index (χ0v) is 13.3. The molecule has 0 bridgehead atoms. The second-order valence-electron chi connectivity index (χ2n) is 7.83. The summed E-state index contributed by atoms with van der Waals surface area (Å²) in [5, 5.41) is 0. The molecule has 2 aliphatic carbocycles. The summed E-state index contributed by atoms with van der Waals surface area (Å²) in [4.78, 5) is 14.1. The Labute approximate surface area is 123 Å². The van der Waals surface area contributed by atoms with Gasteiger partial charge in [-0.1, -0.05) is 13.8 Å². The highest BCUT2D eigenvalue weighted by Crippen LogP contribution is 2.38. The third-order valence-corrected chi connectivity index (χ3v) is 5.71. The fraction of sp³-hybridized carbons (Fsp3) is 0.938. The molecule has 2 saturated carbocycles. The third-order valence-electron chi connectivity index (χ3n) is 5.71. The summed E-state index contributed by atoms with van der Waals surface area (Å²) in [6.45, 7) is 4.73. The molecule has 0 saturated heterocycles. The van der Waals surface area contributed by atoms with Crippen LogP contribution in [0.25, 0.3) is 0 Å². The van der Waals surface area contributed by atoms with Crippen molar-refractivity contribution in [2.75, 3.05) is 7.05 Å². The van der Waals surface area contributed by atoms with E-state index in [1.807, 2.05) is 0 Å². The minimum absolute atomic E-state index is 0.333. The molecule has 0 aromatic rings. The Bertz CT molecular complexity index is 359. The Balaban J connectivity index is 1.96. The van der Waals surface area contributed by atoms with Gasteiger partial charge in [0.2, 0.25) is 5.91 Å². The van der Waals surface area contributed by atoms with Gasteiger partial charge < -0.3 is 16.4 Å². The molecule has 4 N–H and O–H groups in total. The van der Waals surface area contributed by atoms with E-state index >= 15 is 0 Å². The summed E-state index contributed by atoms with van der Waals surface area (Å²) in [7, 11) is 2.21. The molecule has 2 unspecified atom stereocenters. The Morgan fingerprint density at radius 1 is 1.10 bits per heavy atom. The van der Waals surface area contributed by atoms with E-state index in [9.17, 15) is 4.79 Å². The van der Waals surface area contributed by atoms with Crippen molar-refractivity contribution in [1.82, 2.24) is 4.90 Å². The summed E-state index contributed by atoms with van der Waals surface area (Å²) >= 11 is 0. The maximum Gasteiger partial charge on any atom is 0.237 e. The number of primary amides is 1. The van der Waals surface area contributed by atoms with Gasteiger partial charge in [0.1, 0.15) is 0 Å². The van der Waals surface area contributed by atoms with E-state index in [0.717, 1.165) is 25.7 Å². The van der Waals surface area contributed by atoms with Crippen molar-refractivity contribution in [3.63, 3.8) is 0 Å². The Morgan fingerprint density at radius 3 is 2.25 bits per heavy atom. The average Bonchev–Trinajstić information content (AvgIpc) is 2.38. The average molecular weight is 281 g/mol. The quantitative estimate of drug-likeness (QED) is 0.831. The van der Waals surface area contributed by atoms with Gasteiger partial charge in [0, 0.05) is 12.1 Å².